The molecule has 1 N–H and O–H groups in total. The third-order valence-electron chi connectivity index (χ3n) is 3.81. The molecule has 2 aromatic rings. The van der Waals surface area contributed by atoms with Crippen LogP contribution in [0.25, 0.3) is 0 Å². The van der Waals surface area contributed by atoms with Crippen molar-refractivity contribution in [2.45, 2.75) is 32.6 Å². The van der Waals surface area contributed by atoms with E-state index in [1.54, 1.807) is 19.1 Å². The number of amides is 1. The van der Waals surface area contributed by atoms with E-state index < -0.39 is 18.1 Å². The molecule has 5 nitrogen and oxygen atoms in total. The van der Waals surface area contributed by atoms with Crippen molar-refractivity contribution in [1.29, 1.82) is 0 Å². The molecular formula is C17H15ClF2N2O3. The van der Waals surface area contributed by atoms with Gasteiger partial charge in [-0.25, -0.2) is 4.98 Å². The van der Waals surface area contributed by atoms with Gasteiger partial charge in [0, 0.05) is 11.3 Å². The molecule has 0 saturated heterocycles. The molecule has 1 amide bonds. The molecule has 1 aliphatic heterocycles. The summed E-state index contributed by atoms with van der Waals surface area (Å²) in [5.74, 6) is -1.69. The van der Waals surface area contributed by atoms with Gasteiger partial charge in [-0.15, -0.1) is 0 Å². The molecule has 3 rings (SSSR count). The second kappa shape index (κ2) is 6.24. The van der Waals surface area contributed by atoms with Crippen molar-refractivity contribution in [3.05, 3.63) is 52.3 Å². The van der Waals surface area contributed by atoms with Crippen LogP contribution < -0.4 is 9.64 Å². The number of aromatic nitrogens is 1. The Kier molecular flexibility index (Phi) is 4.38. The van der Waals surface area contributed by atoms with Crippen molar-refractivity contribution in [2.75, 3.05) is 4.90 Å². The van der Waals surface area contributed by atoms with Crippen molar-refractivity contribution in [2.24, 2.45) is 0 Å². The zero-order valence-electron chi connectivity index (χ0n) is 13.5. The van der Waals surface area contributed by atoms with E-state index in [9.17, 15) is 18.7 Å². The first-order valence-electron chi connectivity index (χ1n) is 7.52. The number of hydrogen-bond donors (Lipinski definition) is 1. The Bertz CT molecular complexity index is 822. The summed E-state index contributed by atoms with van der Waals surface area (Å²) in [5, 5.41) is 10.0. The summed E-state index contributed by atoms with van der Waals surface area (Å²) >= 11 is 5.91. The number of halogens is 3. The molecule has 2 heterocycles. The largest absolute Gasteiger partial charge is 0.483 e. The third-order valence-corrected chi connectivity index (χ3v) is 4.01. The normalized spacial score (nSPS) is 17.0. The Balaban J connectivity index is 2.10. The molecule has 1 aromatic heterocycles. The number of alkyl halides is 2. The number of carbonyl (C=O) groups excluding carboxylic acids is 1. The van der Waals surface area contributed by atoms with Crippen LogP contribution in [-0.2, 0) is 11.3 Å². The number of benzene rings is 1. The van der Waals surface area contributed by atoms with Gasteiger partial charge in [-0.1, -0.05) is 23.7 Å². The highest BCUT2D eigenvalue weighted by atomic mass is 35.5. The Labute approximate surface area is 147 Å². The van der Waals surface area contributed by atoms with E-state index in [1.165, 1.54) is 25.1 Å². The molecule has 0 spiro atoms. The maximum atomic E-state index is 14.1. The van der Waals surface area contributed by atoms with E-state index in [1.807, 2.05) is 0 Å². The van der Waals surface area contributed by atoms with Gasteiger partial charge in [0.25, 0.3) is 0 Å². The molecule has 1 aliphatic rings. The first-order chi connectivity index (χ1) is 11.7. The highest BCUT2D eigenvalue weighted by molar-refractivity contribution is 6.29. The summed E-state index contributed by atoms with van der Waals surface area (Å²) in [6.45, 7) is 3.02. The molecule has 1 aromatic carbocycles. The van der Waals surface area contributed by atoms with Crippen LogP contribution in [0.5, 0.6) is 5.75 Å². The molecule has 0 bridgehead atoms. The van der Waals surface area contributed by atoms with Crippen molar-refractivity contribution in [3.8, 4) is 5.75 Å². The summed E-state index contributed by atoms with van der Waals surface area (Å²) < 4.78 is 32.8. The lowest BCUT2D eigenvalue weighted by atomic mass is 10.1. The van der Waals surface area contributed by atoms with Gasteiger partial charge in [-0.3, -0.25) is 9.69 Å². The van der Waals surface area contributed by atoms with Crippen LogP contribution in [0, 0.1) is 6.92 Å². The number of ether oxygens (including phenoxy) is 1. The van der Waals surface area contributed by atoms with Crippen LogP contribution >= 0.6 is 11.6 Å². The number of aliphatic hydroxyl groups is 1. The average molecular weight is 369 g/mol. The number of aliphatic hydroxyl groups excluding tert-OH is 1. The molecule has 25 heavy (non-hydrogen) atoms. The number of para-hydroxylation sites is 1. The molecule has 1 unspecified atom stereocenters. The molecule has 8 heteroatoms. The summed E-state index contributed by atoms with van der Waals surface area (Å²) in [6, 6.07) is 7.70. The van der Waals surface area contributed by atoms with E-state index in [2.05, 4.69) is 9.72 Å². The van der Waals surface area contributed by atoms with Crippen LogP contribution in [0.4, 0.5) is 14.5 Å². The Morgan fingerprint density at radius 3 is 2.76 bits per heavy atom. The maximum Gasteiger partial charge on any atom is 0.483 e. The van der Waals surface area contributed by atoms with Crippen molar-refractivity contribution < 1.29 is 23.4 Å². The van der Waals surface area contributed by atoms with Gasteiger partial charge >= 0.3 is 12.0 Å². The maximum absolute atomic E-state index is 14.1. The fraction of sp³-hybridized carbons (Fsp3) is 0.294. The van der Waals surface area contributed by atoms with E-state index in [4.69, 9.17) is 11.6 Å². The molecule has 0 aliphatic carbocycles. The average Bonchev–Trinajstić information content (AvgIpc) is 2.50. The van der Waals surface area contributed by atoms with Gasteiger partial charge < -0.3 is 9.84 Å². The first-order valence-corrected chi connectivity index (χ1v) is 7.89. The zero-order chi connectivity index (χ0) is 18.4. The number of rotatable bonds is 3. The number of anilines is 1. The van der Waals surface area contributed by atoms with Gasteiger partial charge in [-0.05, 0) is 37.6 Å². The summed E-state index contributed by atoms with van der Waals surface area (Å²) in [6.07, 6.45) is -5.05. The van der Waals surface area contributed by atoms with Crippen molar-refractivity contribution in [3.63, 3.8) is 0 Å². The lowest BCUT2D eigenvalue weighted by Gasteiger charge is -2.35. The number of carbonyl (C=O) groups is 1. The first kappa shape index (κ1) is 17.6. The highest BCUT2D eigenvalue weighted by Gasteiger charge is 2.51. The molecule has 1 atom stereocenters. The number of aryl methyl sites for hydroxylation is 1. The molecular weight excluding hydrogens is 354 g/mol. The number of pyridine rings is 1. The van der Waals surface area contributed by atoms with Gasteiger partial charge in [0.1, 0.15) is 5.15 Å². The summed E-state index contributed by atoms with van der Waals surface area (Å²) in [7, 11) is 0. The van der Waals surface area contributed by atoms with Crippen LogP contribution in [-0.4, -0.2) is 22.1 Å². The minimum atomic E-state index is -4.02. The van der Waals surface area contributed by atoms with E-state index >= 15 is 0 Å². The quantitative estimate of drug-likeness (QED) is 0.841. The SMILES string of the molecule is Cc1cc(CN2C(=O)C(F)(F)Oc3c(C(C)O)cccc32)cc(Cl)n1. The Hall–Kier alpha value is -2.25. The molecule has 0 fully saturated rings. The standard InChI is InChI=1S/C17H15ClF2N2O3/c1-9-6-11(7-14(18)21-9)8-22-13-5-3-4-12(10(2)23)15(13)25-17(19,20)16(22)24/h3-7,10,23H,8H2,1-2H3. The number of fused-ring (bicyclic) bond motifs is 1. The third kappa shape index (κ3) is 3.29. The second-order valence-corrected chi connectivity index (χ2v) is 6.21. The van der Waals surface area contributed by atoms with Gasteiger partial charge in [0.05, 0.1) is 18.3 Å². The van der Waals surface area contributed by atoms with Crippen LogP contribution in [0.2, 0.25) is 5.15 Å². The lowest BCUT2D eigenvalue weighted by molar-refractivity contribution is -0.193. The Morgan fingerprint density at radius 2 is 2.12 bits per heavy atom. The van der Waals surface area contributed by atoms with Crippen molar-refractivity contribution >= 4 is 23.2 Å². The topological polar surface area (TPSA) is 62.7 Å². The van der Waals surface area contributed by atoms with E-state index in [0.29, 0.717) is 11.3 Å². The van der Waals surface area contributed by atoms with Crippen LogP contribution in [0.15, 0.2) is 30.3 Å². The minimum absolute atomic E-state index is 0.128. The summed E-state index contributed by atoms with van der Waals surface area (Å²) in [4.78, 5) is 17.1. The predicted molar refractivity (Wildman–Crippen MR) is 87.8 cm³/mol. The predicted octanol–water partition coefficient (Wildman–Crippen LogP) is 3.62. The monoisotopic (exact) mass is 368 g/mol. The van der Waals surface area contributed by atoms with Gasteiger partial charge in [0.15, 0.2) is 5.75 Å². The minimum Gasteiger partial charge on any atom is -0.423 e. The Morgan fingerprint density at radius 1 is 1.40 bits per heavy atom. The van der Waals surface area contributed by atoms with Crippen LogP contribution in [0.3, 0.4) is 0 Å². The molecule has 0 radical (unpaired) electrons. The van der Waals surface area contributed by atoms with Gasteiger partial charge in [0.2, 0.25) is 0 Å². The van der Waals surface area contributed by atoms with Gasteiger partial charge in [-0.2, -0.15) is 8.78 Å². The second-order valence-electron chi connectivity index (χ2n) is 5.82. The highest BCUT2D eigenvalue weighted by Crippen LogP contribution is 2.44. The zero-order valence-corrected chi connectivity index (χ0v) is 14.2. The summed E-state index contributed by atoms with van der Waals surface area (Å²) in [5.41, 5.74) is 1.50. The fourth-order valence-corrected chi connectivity index (χ4v) is 3.03. The van der Waals surface area contributed by atoms with E-state index in [0.717, 1.165) is 4.90 Å². The lowest BCUT2D eigenvalue weighted by Crippen LogP contribution is -2.50. The molecule has 132 valence electrons. The number of hydrogen-bond acceptors (Lipinski definition) is 4. The van der Waals surface area contributed by atoms with Crippen LogP contribution in [0.1, 0.15) is 29.8 Å². The smallest absolute Gasteiger partial charge is 0.423 e. The van der Waals surface area contributed by atoms with E-state index in [-0.39, 0.29) is 28.7 Å². The number of nitrogens with zero attached hydrogens (tertiary/aromatic N) is 2. The fourth-order valence-electron chi connectivity index (χ4n) is 2.76. The molecule has 0 saturated carbocycles. The van der Waals surface area contributed by atoms with Crippen molar-refractivity contribution in [1.82, 2.24) is 4.98 Å².